The fraction of sp³-hybridized carbons (Fsp3) is 0.250. The van der Waals surface area contributed by atoms with E-state index >= 15 is 0 Å². The molecule has 118 valence electrons. The monoisotopic (exact) mass is 374 g/mol. The maximum atomic E-state index is 11.1. The number of halogens is 1. The predicted octanol–water partition coefficient (Wildman–Crippen LogP) is 2.49. The third-order valence-corrected chi connectivity index (χ3v) is 4.34. The second kappa shape index (κ2) is 7.57. The van der Waals surface area contributed by atoms with Crippen molar-refractivity contribution in [3.05, 3.63) is 64.9 Å². The van der Waals surface area contributed by atoms with Gasteiger partial charge in [0.2, 0.25) is 0 Å². The number of H-pyrrole nitrogens is 2. The number of nitriles is 2. The van der Waals surface area contributed by atoms with Crippen molar-refractivity contribution in [3.8, 4) is 12.1 Å². The molecule has 2 heterocycles. The van der Waals surface area contributed by atoms with E-state index in [-0.39, 0.29) is 22.2 Å². The van der Waals surface area contributed by atoms with Crippen LogP contribution in [0.4, 0.5) is 0 Å². The molecule has 0 fully saturated rings. The third-order valence-electron chi connectivity index (χ3n) is 3.15. The summed E-state index contributed by atoms with van der Waals surface area (Å²) in [5, 5.41) is 17.1. The van der Waals surface area contributed by atoms with E-state index in [9.17, 15) is 9.59 Å². The molecule has 7 heteroatoms. The van der Waals surface area contributed by atoms with Crippen LogP contribution in [0.1, 0.15) is 33.6 Å². The predicted molar refractivity (Wildman–Crippen MR) is 90.2 cm³/mol. The largest absolute Gasteiger partial charge is 0.325 e. The normalized spacial score (nSPS) is 9.35. The molecular weight excluding hydrogens is 360 g/mol. The maximum Gasteiger partial charge on any atom is 0.266 e. The molecule has 2 rings (SSSR count). The van der Waals surface area contributed by atoms with Crippen LogP contribution < -0.4 is 11.1 Å². The minimum absolute atomic E-state index is 0.174. The smallest absolute Gasteiger partial charge is 0.266 e. The van der Waals surface area contributed by atoms with Crippen LogP contribution in [0.3, 0.4) is 0 Å². The summed E-state index contributed by atoms with van der Waals surface area (Å²) < 4.78 is 0.790. The highest BCUT2D eigenvalue weighted by Gasteiger charge is 2.08. The van der Waals surface area contributed by atoms with E-state index in [1.165, 1.54) is 0 Å². The Kier molecular flexibility index (Phi) is 6.06. The van der Waals surface area contributed by atoms with Gasteiger partial charge in [-0.1, -0.05) is 0 Å². The number of rotatable bonds is 0. The van der Waals surface area contributed by atoms with Crippen LogP contribution in [0, 0.1) is 50.4 Å². The van der Waals surface area contributed by atoms with Crippen molar-refractivity contribution in [3.63, 3.8) is 0 Å². The molecule has 0 bridgehead atoms. The Bertz CT molecular complexity index is 943. The Morgan fingerprint density at radius 2 is 1.48 bits per heavy atom. The molecule has 0 aliphatic carbocycles. The summed E-state index contributed by atoms with van der Waals surface area (Å²) in [5.74, 6) is 0. The lowest BCUT2D eigenvalue weighted by atomic mass is 10.1. The molecule has 0 saturated carbocycles. The molecular formula is C16H15BrN4O2. The molecule has 2 N–H and O–H groups in total. The van der Waals surface area contributed by atoms with Gasteiger partial charge in [0.15, 0.2) is 0 Å². The number of hydrogen-bond acceptors (Lipinski definition) is 4. The molecule has 0 unspecified atom stereocenters. The number of nitrogens with zero attached hydrogens (tertiary/aromatic N) is 2. The first kappa shape index (κ1) is 18.4. The molecule has 0 saturated heterocycles. The molecule has 6 nitrogen and oxygen atoms in total. The van der Waals surface area contributed by atoms with Gasteiger partial charge < -0.3 is 9.97 Å². The third kappa shape index (κ3) is 4.18. The van der Waals surface area contributed by atoms with Gasteiger partial charge in [-0.15, -0.1) is 0 Å². The Labute approximate surface area is 141 Å². The molecule has 0 aliphatic rings. The van der Waals surface area contributed by atoms with E-state index in [4.69, 9.17) is 10.5 Å². The Balaban J connectivity index is 0.000000231. The first-order chi connectivity index (χ1) is 10.7. The average molecular weight is 375 g/mol. The summed E-state index contributed by atoms with van der Waals surface area (Å²) in [6.45, 7) is 7.06. The highest BCUT2D eigenvalue weighted by Crippen LogP contribution is 2.18. The number of hydrogen-bond donors (Lipinski definition) is 2. The van der Waals surface area contributed by atoms with Crippen molar-refractivity contribution in [2.45, 2.75) is 27.7 Å². The zero-order valence-corrected chi connectivity index (χ0v) is 14.8. The van der Waals surface area contributed by atoms with Crippen LogP contribution in [0.15, 0.2) is 20.1 Å². The molecule has 2 aromatic rings. The summed E-state index contributed by atoms with van der Waals surface area (Å²) in [4.78, 5) is 27.3. The lowest BCUT2D eigenvalue weighted by Gasteiger charge is -2.02. The number of aryl methyl sites for hydroxylation is 3. The van der Waals surface area contributed by atoms with Gasteiger partial charge in [-0.2, -0.15) is 10.5 Å². The van der Waals surface area contributed by atoms with Gasteiger partial charge in [-0.25, -0.2) is 0 Å². The van der Waals surface area contributed by atoms with Gasteiger partial charge in [-0.05, 0) is 60.8 Å². The molecule has 2 aromatic heterocycles. The van der Waals surface area contributed by atoms with Crippen molar-refractivity contribution >= 4 is 15.9 Å². The number of nitrogens with one attached hydrogen (secondary N) is 2. The van der Waals surface area contributed by atoms with Gasteiger partial charge in [0.1, 0.15) is 23.3 Å². The zero-order valence-electron chi connectivity index (χ0n) is 13.2. The molecule has 0 radical (unpaired) electrons. The molecule has 0 spiro atoms. The molecule has 0 amide bonds. The summed E-state index contributed by atoms with van der Waals surface area (Å²) >= 11 is 3.28. The summed E-state index contributed by atoms with van der Waals surface area (Å²) in [6.07, 6.45) is 0. The average Bonchev–Trinajstić information content (AvgIpc) is 2.45. The SMILES string of the molecule is Cc1[nH]c(=O)c(C#N)c(C)c1Br.Cc1cc(C)c(C#N)c(=O)[nH]1. The van der Waals surface area contributed by atoms with E-state index in [0.29, 0.717) is 5.56 Å². The summed E-state index contributed by atoms with van der Waals surface area (Å²) in [6, 6.07) is 5.48. The van der Waals surface area contributed by atoms with Crippen molar-refractivity contribution in [1.29, 1.82) is 10.5 Å². The Morgan fingerprint density at radius 1 is 0.957 bits per heavy atom. The summed E-state index contributed by atoms with van der Waals surface area (Å²) in [7, 11) is 0. The summed E-state index contributed by atoms with van der Waals surface area (Å²) in [5.41, 5.74) is 2.71. The first-order valence-corrected chi connectivity index (χ1v) is 7.41. The molecule has 0 aliphatic heterocycles. The van der Waals surface area contributed by atoms with Crippen LogP contribution in [-0.2, 0) is 0 Å². The van der Waals surface area contributed by atoms with Gasteiger partial charge in [0, 0.05) is 15.9 Å². The second-order valence-corrected chi connectivity index (χ2v) is 5.75. The van der Waals surface area contributed by atoms with Gasteiger partial charge in [0.05, 0.1) is 0 Å². The zero-order chi connectivity index (χ0) is 17.7. The standard InChI is InChI=1S/C8H7BrN2O.C8H8N2O/c1-4-6(3-10)8(12)11-5(2)7(4)9;1-5-3-6(2)10-8(11)7(5)4-9/h1-2H3,(H,11,12);3H,1-2H3,(H,10,11). The van der Waals surface area contributed by atoms with Gasteiger partial charge in [-0.3, -0.25) is 9.59 Å². The number of pyridine rings is 2. The lowest BCUT2D eigenvalue weighted by molar-refractivity contribution is 1.09. The fourth-order valence-electron chi connectivity index (χ4n) is 1.98. The van der Waals surface area contributed by atoms with Crippen molar-refractivity contribution in [2.24, 2.45) is 0 Å². The molecule has 23 heavy (non-hydrogen) atoms. The van der Waals surface area contributed by atoms with Crippen molar-refractivity contribution in [1.82, 2.24) is 9.97 Å². The van der Waals surface area contributed by atoms with Crippen LogP contribution in [0.5, 0.6) is 0 Å². The fourth-order valence-corrected chi connectivity index (χ4v) is 2.27. The number of aromatic nitrogens is 2. The minimum atomic E-state index is -0.323. The minimum Gasteiger partial charge on any atom is -0.325 e. The van der Waals surface area contributed by atoms with Crippen LogP contribution in [0.25, 0.3) is 0 Å². The van der Waals surface area contributed by atoms with Crippen molar-refractivity contribution < 1.29 is 0 Å². The van der Waals surface area contributed by atoms with Gasteiger partial charge in [0.25, 0.3) is 11.1 Å². The second-order valence-electron chi connectivity index (χ2n) is 4.96. The molecule has 0 aromatic carbocycles. The first-order valence-electron chi connectivity index (χ1n) is 6.62. The maximum absolute atomic E-state index is 11.1. The van der Waals surface area contributed by atoms with Crippen LogP contribution in [0.2, 0.25) is 0 Å². The van der Waals surface area contributed by atoms with E-state index < -0.39 is 0 Å². The highest BCUT2D eigenvalue weighted by atomic mass is 79.9. The van der Waals surface area contributed by atoms with E-state index in [0.717, 1.165) is 21.4 Å². The van der Waals surface area contributed by atoms with E-state index in [1.54, 1.807) is 33.8 Å². The van der Waals surface area contributed by atoms with Crippen LogP contribution >= 0.6 is 15.9 Å². The molecule has 0 atom stereocenters. The van der Waals surface area contributed by atoms with E-state index in [2.05, 4.69) is 25.9 Å². The van der Waals surface area contributed by atoms with Gasteiger partial charge >= 0.3 is 0 Å². The van der Waals surface area contributed by atoms with Crippen LogP contribution in [-0.4, -0.2) is 9.97 Å². The number of aromatic amines is 2. The van der Waals surface area contributed by atoms with Crippen molar-refractivity contribution in [2.75, 3.05) is 0 Å². The van der Waals surface area contributed by atoms with E-state index in [1.807, 2.05) is 12.1 Å². The quantitative estimate of drug-likeness (QED) is 0.736. The Hall–Kier alpha value is -2.64. The Morgan fingerprint density at radius 3 is 1.96 bits per heavy atom. The topological polar surface area (TPSA) is 113 Å². The lowest BCUT2D eigenvalue weighted by Crippen LogP contribution is -2.13. The highest BCUT2D eigenvalue weighted by molar-refractivity contribution is 9.10.